The number of rotatable bonds is 6. The summed E-state index contributed by atoms with van der Waals surface area (Å²) >= 11 is 0. The third-order valence-electron chi connectivity index (χ3n) is 1.66. The first-order valence-electron chi connectivity index (χ1n) is 4.13. The van der Waals surface area contributed by atoms with Gasteiger partial charge in [-0.1, -0.05) is 0 Å². The summed E-state index contributed by atoms with van der Waals surface area (Å²) in [4.78, 5) is 9.07. The molecular weight excluding hydrogens is 170 g/mol. The number of hydroxylamine groups is 1. The molecule has 5 heteroatoms. The second kappa shape index (κ2) is 5.69. The lowest BCUT2D eigenvalue weighted by atomic mass is 10.5. The molecule has 1 aromatic heterocycles. The van der Waals surface area contributed by atoms with Gasteiger partial charge in [-0.15, -0.1) is 0 Å². The maximum atomic E-state index is 5.09. The molecule has 0 unspecified atom stereocenters. The van der Waals surface area contributed by atoms with Crippen LogP contribution in [0.15, 0.2) is 12.5 Å². The van der Waals surface area contributed by atoms with Gasteiger partial charge < -0.3 is 9.30 Å². The highest BCUT2D eigenvalue weighted by atomic mass is 16.7. The van der Waals surface area contributed by atoms with Crippen LogP contribution in [0.1, 0.15) is 5.69 Å². The molecule has 0 fully saturated rings. The second-order valence-electron chi connectivity index (χ2n) is 2.66. The second-order valence-corrected chi connectivity index (χ2v) is 2.66. The van der Waals surface area contributed by atoms with Crippen LogP contribution in [-0.4, -0.2) is 29.9 Å². The summed E-state index contributed by atoms with van der Waals surface area (Å²) in [6.07, 6.45) is 3.55. The van der Waals surface area contributed by atoms with Crippen LogP contribution in [0.5, 0.6) is 0 Å². The van der Waals surface area contributed by atoms with E-state index in [-0.39, 0.29) is 0 Å². The zero-order chi connectivity index (χ0) is 9.52. The number of nitrogens with one attached hydrogen (secondary N) is 1. The first-order valence-corrected chi connectivity index (χ1v) is 4.13. The van der Waals surface area contributed by atoms with Gasteiger partial charge in [0.1, 0.15) is 0 Å². The van der Waals surface area contributed by atoms with Crippen LogP contribution < -0.4 is 5.48 Å². The SMILES string of the molecule is COCCONCc1cncn1C. The molecule has 0 saturated heterocycles. The number of aromatic nitrogens is 2. The van der Waals surface area contributed by atoms with Crippen molar-refractivity contribution in [3.63, 3.8) is 0 Å². The fourth-order valence-corrected chi connectivity index (χ4v) is 0.877. The molecule has 0 amide bonds. The van der Waals surface area contributed by atoms with Crippen LogP contribution in [0.3, 0.4) is 0 Å². The van der Waals surface area contributed by atoms with Crippen molar-refractivity contribution in [3.05, 3.63) is 18.2 Å². The molecule has 0 aliphatic heterocycles. The Morgan fingerprint density at radius 2 is 2.38 bits per heavy atom. The third-order valence-corrected chi connectivity index (χ3v) is 1.66. The Morgan fingerprint density at radius 3 is 3.00 bits per heavy atom. The fraction of sp³-hybridized carbons (Fsp3) is 0.625. The molecule has 1 heterocycles. The van der Waals surface area contributed by atoms with E-state index in [0.717, 1.165) is 5.69 Å². The molecule has 1 aromatic rings. The summed E-state index contributed by atoms with van der Waals surface area (Å²) in [5.74, 6) is 0. The van der Waals surface area contributed by atoms with E-state index in [1.807, 2.05) is 11.6 Å². The van der Waals surface area contributed by atoms with Crippen molar-refractivity contribution in [2.75, 3.05) is 20.3 Å². The van der Waals surface area contributed by atoms with E-state index in [1.54, 1.807) is 19.6 Å². The summed E-state index contributed by atoms with van der Waals surface area (Å²) in [6, 6.07) is 0. The predicted octanol–water partition coefficient (Wildman–Crippen LogP) is 0.0877. The van der Waals surface area contributed by atoms with Crippen molar-refractivity contribution in [1.29, 1.82) is 0 Å². The normalized spacial score (nSPS) is 10.6. The van der Waals surface area contributed by atoms with E-state index >= 15 is 0 Å². The van der Waals surface area contributed by atoms with Crippen LogP contribution in [0.2, 0.25) is 0 Å². The zero-order valence-electron chi connectivity index (χ0n) is 7.99. The molecule has 0 radical (unpaired) electrons. The van der Waals surface area contributed by atoms with E-state index < -0.39 is 0 Å². The number of methoxy groups -OCH3 is 1. The van der Waals surface area contributed by atoms with Crippen molar-refractivity contribution in [1.82, 2.24) is 15.0 Å². The van der Waals surface area contributed by atoms with Crippen molar-refractivity contribution in [3.8, 4) is 0 Å². The molecule has 1 rings (SSSR count). The molecule has 0 aliphatic carbocycles. The van der Waals surface area contributed by atoms with Gasteiger partial charge in [0.15, 0.2) is 0 Å². The quantitative estimate of drug-likeness (QED) is 0.504. The van der Waals surface area contributed by atoms with Gasteiger partial charge in [-0.05, 0) is 0 Å². The van der Waals surface area contributed by atoms with E-state index in [9.17, 15) is 0 Å². The minimum Gasteiger partial charge on any atom is -0.382 e. The third kappa shape index (κ3) is 3.54. The van der Waals surface area contributed by atoms with Gasteiger partial charge in [-0.25, -0.2) is 4.98 Å². The maximum Gasteiger partial charge on any atom is 0.0945 e. The Balaban J connectivity index is 2.10. The molecule has 0 aromatic carbocycles. The van der Waals surface area contributed by atoms with Crippen LogP contribution in [0.4, 0.5) is 0 Å². The lowest BCUT2D eigenvalue weighted by Gasteiger charge is -2.05. The molecule has 13 heavy (non-hydrogen) atoms. The fourth-order valence-electron chi connectivity index (χ4n) is 0.877. The molecular formula is C8H15N3O2. The minimum absolute atomic E-state index is 0.550. The lowest BCUT2D eigenvalue weighted by molar-refractivity contribution is 0.00268. The van der Waals surface area contributed by atoms with Crippen LogP contribution >= 0.6 is 0 Å². The van der Waals surface area contributed by atoms with Crippen molar-refractivity contribution < 1.29 is 9.57 Å². The van der Waals surface area contributed by atoms with Gasteiger partial charge in [0.25, 0.3) is 0 Å². The summed E-state index contributed by atoms with van der Waals surface area (Å²) in [5, 5.41) is 0. The average Bonchev–Trinajstić information content (AvgIpc) is 2.52. The van der Waals surface area contributed by atoms with E-state index in [2.05, 4.69) is 10.5 Å². The molecule has 74 valence electrons. The zero-order valence-corrected chi connectivity index (χ0v) is 7.99. The smallest absolute Gasteiger partial charge is 0.0945 e. The maximum absolute atomic E-state index is 5.09. The predicted molar refractivity (Wildman–Crippen MR) is 47.9 cm³/mol. The Kier molecular flexibility index (Phi) is 4.45. The summed E-state index contributed by atoms with van der Waals surface area (Å²) in [7, 11) is 3.59. The van der Waals surface area contributed by atoms with E-state index in [0.29, 0.717) is 19.8 Å². The van der Waals surface area contributed by atoms with Gasteiger partial charge >= 0.3 is 0 Å². The van der Waals surface area contributed by atoms with E-state index in [4.69, 9.17) is 9.57 Å². The Hall–Kier alpha value is -0.910. The molecule has 0 aliphatic rings. The molecule has 0 atom stereocenters. The monoisotopic (exact) mass is 185 g/mol. The molecule has 0 bridgehead atoms. The summed E-state index contributed by atoms with van der Waals surface area (Å²) < 4.78 is 6.76. The highest BCUT2D eigenvalue weighted by Crippen LogP contribution is 1.94. The lowest BCUT2D eigenvalue weighted by Crippen LogP contribution is -2.18. The molecule has 5 nitrogen and oxygen atoms in total. The van der Waals surface area contributed by atoms with Gasteiger partial charge in [-0.2, -0.15) is 5.48 Å². The number of ether oxygens (including phenoxy) is 1. The number of hydrogen-bond donors (Lipinski definition) is 1. The largest absolute Gasteiger partial charge is 0.382 e. The highest BCUT2D eigenvalue weighted by molar-refractivity contribution is 4.95. The average molecular weight is 185 g/mol. The van der Waals surface area contributed by atoms with Gasteiger partial charge in [0.05, 0.1) is 31.8 Å². The van der Waals surface area contributed by atoms with Crippen molar-refractivity contribution in [2.45, 2.75) is 6.54 Å². The van der Waals surface area contributed by atoms with Gasteiger partial charge in [0, 0.05) is 20.4 Å². The topological polar surface area (TPSA) is 48.3 Å². The van der Waals surface area contributed by atoms with E-state index in [1.165, 1.54) is 0 Å². The summed E-state index contributed by atoms with van der Waals surface area (Å²) in [6.45, 7) is 1.80. The number of aryl methyl sites for hydroxylation is 1. The van der Waals surface area contributed by atoms with Gasteiger partial charge in [-0.3, -0.25) is 4.84 Å². The number of nitrogens with zero attached hydrogens (tertiary/aromatic N) is 2. The standard InChI is InChI=1S/C8H15N3O2/c1-11-7-9-5-8(11)6-10-13-4-3-12-2/h5,7,10H,3-4,6H2,1-2H3. The van der Waals surface area contributed by atoms with Crippen LogP contribution in [-0.2, 0) is 23.2 Å². The molecule has 0 saturated carbocycles. The number of imidazole rings is 1. The molecule has 1 N–H and O–H groups in total. The number of hydrogen-bond acceptors (Lipinski definition) is 4. The Bertz CT molecular complexity index is 237. The van der Waals surface area contributed by atoms with Crippen molar-refractivity contribution >= 4 is 0 Å². The Morgan fingerprint density at radius 1 is 1.54 bits per heavy atom. The molecule has 0 spiro atoms. The summed E-state index contributed by atoms with van der Waals surface area (Å²) in [5.41, 5.74) is 3.90. The minimum atomic E-state index is 0.550. The van der Waals surface area contributed by atoms with Crippen LogP contribution in [0, 0.1) is 0 Å². The first kappa shape index (κ1) is 10.2. The highest BCUT2D eigenvalue weighted by Gasteiger charge is 1.96. The van der Waals surface area contributed by atoms with Gasteiger partial charge in [0.2, 0.25) is 0 Å². The Labute approximate surface area is 77.6 Å². The van der Waals surface area contributed by atoms with Crippen molar-refractivity contribution in [2.24, 2.45) is 7.05 Å². The first-order chi connectivity index (χ1) is 6.34. The van der Waals surface area contributed by atoms with Crippen LogP contribution in [0.25, 0.3) is 0 Å².